The van der Waals surface area contributed by atoms with E-state index in [-0.39, 0.29) is 47.4 Å². The van der Waals surface area contributed by atoms with E-state index in [4.69, 9.17) is 18.6 Å². The molecule has 6 nitrogen and oxygen atoms in total. The number of esters is 1. The molecule has 5 atom stereocenters. The van der Waals surface area contributed by atoms with Crippen molar-refractivity contribution in [3.05, 3.63) is 0 Å². The van der Waals surface area contributed by atoms with E-state index in [0.717, 1.165) is 64.4 Å². The van der Waals surface area contributed by atoms with E-state index in [9.17, 15) is 9.90 Å². The predicted octanol–water partition coefficient (Wildman–Crippen LogP) is 6.99. The minimum atomic E-state index is -1.88. The second-order valence-corrected chi connectivity index (χ2v) is 17.7. The number of carbonyl (C=O) groups is 1. The van der Waals surface area contributed by atoms with Gasteiger partial charge in [0.05, 0.1) is 18.3 Å². The fourth-order valence-corrected chi connectivity index (χ4v) is 6.20. The first kappa shape index (κ1) is 31.7. The molecule has 0 aromatic carbocycles. The van der Waals surface area contributed by atoms with Crippen molar-refractivity contribution in [2.75, 3.05) is 13.2 Å². The maximum atomic E-state index is 11.6. The Balaban J connectivity index is 1.81. The van der Waals surface area contributed by atoms with Crippen LogP contribution < -0.4 is 0 Å². The molecule has 0 aromatic heterocycles. The van der Waals surface area contributed by atoms with Gasteiger partial charge in [0.25, 0.3) is 0 Å². The SMILES string of the molecule is CC(C)OC(=O)CCCCCCCCC1C(O)CC(OC2CCCCO2)C1CO[Si](C)(C)C(C)(C)C. The van der Waals surface area contributed by atoms with Crippen LogP contribution in [0, 0.1) is 11.8 Å². The molecule has 1 aliphatic heterocycles. The van der Waals surface area contributed by atoms with Crippen LogP contribution in [0.5, 0.6) is 0 Å². The lowest BCUT2D eigenvalue weighted by molar-refractivity contribution is -0.197. The topological polar surface area (TPSA) is 74.2 Å². The monoisotopic (exact) mass is 528 g/mol. The normalized spacial score (nSPS) is 27.5. The number of unbranched alkanes of at least 4 members (excludes halogenated alkanes) is 5. The third kappa shape index (κ3) is 10.7. The minimum absolute atomic E-state index is 0.00321. The van der Waals surface area contributed by atoms with Gasteiger partial charge < -0.3 is 23.7 Å². The Hall–Kier alpha value is -0.473. The molecule has 1 N–H and O–H groups in total. The second kappa shape index (κ2) is 15.2. The third-order valence-electron chi connectivity index (χ3n) is 8.44. The van der Waals surface area contributed by atoms with Gasteiger partial charge in [-0.2, -0.15) is 0 Å². The van der Waals surface area contributed by atoms with Gasteiger partial charge in [-0.3, -0.25) is 4.79 Å². The molecule has 0 radical (unpaired) electrons. The number of hydrogen-bond acceptors (Lipinski definition) is 6. The molecule has 0 bridgehead atoms. The standard InChI is InChI=1S/C29H56O6Si/c1-22(2)34-27(31)17-13-11-9-8-10-12-16-23-24(21-33-36(6,7)29(3,4)5)26(20-25(23)30)35-28-18-14-15-19-32-28/h22-26,28,30H,8-21H2,1-7H3. The molecule has 0 aromatic rings. The van der Waals surface area contributed by atoms with E-state index in [1.807, 2.05) is 13.8 Å². The van der Waals surface area contributed by atoms with Crippen LogP contribution in [0.1, 0.15) is 112 Å². The molecule has 2 aliphatic rings. The summed E-state index contributed by atoms with van der Waals surface area (Å²) in [5, 5.41) is 11.2. The van der Waals surface area contributed by atoms with Crippen molar-refractivity contribution in [2.45, 2.75) is 154 Å². The summed E-state index contributed by atoms with van der Waals surface area (Å²) in [6.45, 7) is 16.6. The van der Waals surface area contributed by atoms with Gasteiger partial charge in [-0.05, 0) is 70.0 Å². The van der Waals surface area contributed by atoms with Crippen molar-refractivity contribution < 1.29 is 28.5 Å². The molecule has 2 fully saturated rings. The number of aliphatic hydroxyl groups is 1. The average Bonchev–Trinajstić information content (AvgIpc) is 3.07. The van der Waals surface area contributed by atoms with Gasteiger partial charge in [-0.25, -0.2) is 0 Å². The first-order valence-electron chi connectivity index (χ1n) is 14.7. The van der Waals surface area contributed by atoms with Gasteiger partial charge in [0.15, 0.2) is 14.6 Å². The summed E-state index contributed by atoms with van der Waals surface area (Å²) in [6.07, 6.45) is 11.5. The second-order valence-electron chi connectivity index (χ2n) is 12.9. The quantitative estimate of drug-likeness (QED) is 0.140. The molecular formula is C29H56O6Si. The van der Waals surface area contributed by atoms with Crippen molar-refractivity contribution in [1.29, 1.82) is 0 Å². The van der Waals surface area contributed by atoms with Crippen molar-refractivity contribution in [3.63, 3.8) is 0 Å². The first-order chi connectivity index (χ1) is 16.9. The summed E-state index contributed by atoms with van der Waals surface area (Å²) in [6, 6.07) is 0. The zero-order valence-corrected chi connectivity index (χ0v) is 25.4. The van der Waals surface area contributed by atoms with Crippen LogP contribution >= 0.6 is 0 Å². The van der Waals surface area contributed by atoms with E-state index in [2.05, 4.69) is 33.9 Å². The molecule has 1 aliphatic carbocycles. The highest BCUT2D eigenvalue weighted by molar-refractivity contribution is 6.74. The Kier molecular flexibility index (Phi) is 13.4. The number of carbonyl (C=O) groups excluding carboxylic acids is 1. The molecule has 36 heavy (non-hydrogen) atoms. The van der Waals surface area contributed by atoms with Gasteiger partial charge in [0.2, 0.25) is 0 Å². The largest absolute Gasteiger partial charge is 0.463 e. The van der Waals surface area contributed by atoms with Crippen LogP contribution in [0.2, 0.25) is 18.1 Å². The summed E-state index contributed by atoms with van der Waals surface area (Å²) in [5.74, 6) is 0.349. The van der Waals surface area contributed by atoms with Gasteiger partial charge in [-0.15, -0.1) is 0 Å². The molecule has 7 heteroatoms. The van der Waals surface area contributed by atoms with Gasteiger partial charge in [0, 0.05) is 32.0 Å². The predicted molar refractivity (Wildman–Crippen MR) is 147 cm³/mol. The maximum absolute atomic E-state index is 11.6. The van der Waals surface area contributed by atoms with Crippen molar-refractivity contribution in [2.24, 2.45) is 11.8 Å². The van der Waals surface area contributed by atoms with Crippen LogP contribution in [0.15, 0.2) is 0 Å². The fraction of sp³-hybridized carbons (Fsp3) is 0.966. The zero-order valence-electron chi connectivity index (χ0n) is 24.4. The fourth-order valence-electron chi connectivity index (χ4n) is 5.16. The van der Waals surface area contributed by atoms with Gasteiger partial charge >= 0.3 is 5.97 Å². The average molecular weight is 529 g/mol. The summed E-state index contributed by atoms with van der Waals surface area (Å²) < 4.78 is 24.2. The Morgan fingerprint density at radius 2 is 1.69 bits per heavy atom. The molecule has 0 spiro atoms. The minimum Gasteiger partial charge on any atom is -0.463 e. The molecule has 1 heterocycles. The molecule has 2 rings (SSSR count). The highest BCUT2D eigenvalue weighted by atomic mass is 28.4. The Bertz CT molecular complexity index is 626. The smallest absolute Gasteiger partial charge is 0.306 e. The summed E-state index contributed by atoms with van der Waals surface area (Å²) in [7, 11) is -1.88. The number of aliphatic hydroxyl groups excluding tert-OH is 1. The number of hydrogen-bond donors (Lipinski definition) is 1. The van der Waals surface area contributed by atoms with Crippen LogP contribution in [0.4, 0.5) is 0 Å². The van der Waals surface area contributed by atoms with Crippen LogP contribution in [0.25, 0.3) is 0 Å². The van der Waals surface area contributed by atoms with Crippen LogP contribution in [0.3, 0.4) is 0 Å². The molecular weight excluding hydrogens is 472 g/mol. The molecule has 1 saturated carbocycles. The molecule has 212 valence electrons. The Morgan fingerprint density at radius 3 is 2.31 bits per heavy atom. The zero-order chi connectivity index (χ0) is 26.8. The van der Waals surface area contributed by atoms with E-state index < -0.39 is 8.32 Å². The van der Waals surface area contributed by atoms with E-state index in [0.29, 0.717) is 19.4 Å². The van der Waals surface area contributed by atoms with Crippen molar-refractivity contribution in [3.8, 4) is 0 Å². The summed E-state index contributed by atoms with van der Waals surface area (Å²) >= 11 is 0. The van der Waals surface area contributed by atoms with Gasteiger partial charge in [-0.1, -0.05) is 52.9 Å². The molecule has 0 amide bonds. The van der Waals surface area contributed by atoms with E-state index >= 15 is 0 Å². The lowest BCUT2D eigenvalue weighted by Gasteiger charge is -2.38. The highest BCUT2D eigenvalue weighted by Gasteiger charge is 2.46. The lowest BCUT2D eigenvalue weighted by Crippen LogP contribution is -2.44. The number of rotatable bonds is 15. The van der Waals surface area contributed by atoms with Crippen LogP contribution in [-0.2, 0) is 23.4 Å². The highest BCUT2D eigenvalue weighted by Crippen LogP contribution is 2.42. The van der Waals surface area contributed by atoms with Gasteiger partial charge in [0.1, 0.15) is 0 Å². The molecule has 1 saturated heterocycles. The Morgan fingerprint density at radius 1 is 1.03 bits per heavy atom. The molecule has 5 unspecified atom stereocenters. The first-order valence-corrected chi connectivity index (χ1v) is 17.6. The summed E-state index contributed by atoms with van der Waals surface area (Å²) in [5.41, 5.74) is 0. The number of ether oxygens (including phenoxy) is 3. The van der Waals surface area contributed by atoms with Crippen LogP contribution in [-0.4, -0.2) is 57.2 Å². The van der Waals surface area contributed by atoms with Crippen molar-refractivity contribution >= 4 is 14.3 Å². The maximum Gasteiger partial charge on any atom is 0.306 e. The lowest BCUT2D eigenvalue weighted by atomic mass is 9.89. The van der Waals surface area contributed by atoms with E-state index in [1.54, 1.807) is 0 Å². The summed E-state index contributed by atoms with van der Waals surface area (Å²) in [4.78, 5) is 11.6. The van der Waals surface area contributed by atoms with Crippen molar-refractivity contribution in [1.82, 2.24) is 0 Å². The Labute approximate surface area is 222 Å². The third-order valence-corrected chi connectivity index (χ3v) is 12.9. The van der Waals surface area contributed by atoms with E-state index in [1.165, 1.54) is 6.42 Å².